The number of hydrogen-bond acceptors (Lipinski definition) is 5. The van der Waals surface area contributed by atoms with E-state index in [1.807, 2.05) is 20.8 Å². The monoisotopic (exact) mass is 279 g/mol. The Morgan fingerprint density at radius 3 is 2.90 bits per heavy atom. The molecule has 1 aliphatic rings. The van der Waals surface area contributed by atoms with Gasteiger partial charge in [0, 0.05) is 25.2 Å². The molecule has 6 heteroatoms. The molecule has 1 aromatic rings. The Hall–Kier alpha value is -1.69. The summed E-state index contributed by atoms with van der Waals surface area (Å²) in [6.07, 6.45) is 1.27. The number of rotatable bonds is 2. The fraction of sp³-hybridized carbons (Fsp3) is 0.643. The molecule has 1 fully saturated rings. The number of aromatic nitrogens is 2. The van der Waals surface area contributed by atoms with E-state index in [1.54, 1.807) is 23.2 Å². The zero-order chi connectivity index (χ0) is 14.8. The Morgan fingerprint density at radius 1 is 1.55 bits per heavy atom. The van der Waals surface area contributed by atoms with E-state index in [0.717, 1.165) is 6.42 Å². The Balaban J connectivity index is 1.94. The standard InChI is InChI=1S/C14H21N3O3/c1-14(2,3)20-13(19)17-8-6-10(9-17)12(18)11-5-4-7-15-16-11/h4-5,7,10,12,18H,6,8-9H2,1-3H3. The van der Waals surface area contributed by atoms with Gasteiger partial charge in [0.15, 0.2) is 0 Å². The summed E-state index contributed by atoms with van der Waals surface area (Å²) >= 11 is 0. The second-order valence-electron chi connectivity index (χ2n) is 6.07. The molecule has 0 spiro atoms. The van der Waals surface area contributed by atoms with Crippen LogP contribution in [-0.4, -0.2) is 45.0 Å². The normalized spacial score (nSPS) is 20.8. The van der Waals surface area contributed by atoms with Crippen LogP contribution in [0.2, 0.25) is 0 Å². The number of hydrogen-bond donors (Lipinski definition) is 1. The van der Waals surface area contributed by atoms with Crippen LogP contribution in [0.4, 0.5) is 4.79 Å². The van der Waals surface area contributed by atoms with Crippen molar-refractivity contribution in [1.82, 2.24) is 15.1 Å². The van der Waals surface area contributed by atoms with Gasteiger partial charge in [-0.2, -0.15) is 10.2 Å². The number of ether oxygens (including phenoxy) is 1. The summed E-state index contributed by atoms with van der Waals surface area (Å²) in [7, 11) is 0. The first-order valence-corrected chi connectivity index (χ1v) is 6.80. The summed E-state index contributed by atoms with van der Waals surface area (Å²) in [5.41, 5.74) is 0.0436. The second-order valence-corrected chi connectivity index (χ2v) is 6.07. The molecule has 1 aromatic heterocycles. The molecule has 110 valence electrons. The quantitative estimate of drug-likeness (QED) is 0.893. The van der Waals surface area contributed by atoms with E-state index in [0.29, 0.717) is 18.8 Å². The highest BCUT2D eigenvalue weighted by Gasteiger charge is 2.34. The molecule has 1 N–H and O–H groups in total. The minimum atomic E-state index is -0.698. The molecule has 0 aromatic carbocycles. The van der Waals surface area contributed by atoms with Crippen molar-refractivity contribution in [1.29, 1.82) is 0 Å². The number of nitrogens with zero attached hydrogens (tertiary/aromatic N) is 3. The first kappa shape index (κ1) is 14.7. The van der Waals surface area contributed by atoms with Gasteiger partial charge in [0.2, 0.25) is 0 Å². The van der Waals surface area contributed by atoms with Gasteiger partial charge in [-0.05, 0) is 39.3 Å². The summed E-state index contributed by atoms with van der Waals surface area (Å²) < 4.78 is 5.33. The molecule has 2 atom stereocenters. The predicted octanol–water partition coefficient (Wildman–Crippen LogP) is 1.77. The van der Waals surface area contributed by atoms with Crippen LogP contribution in [0.5, 0.6) is 0 Å². The van der Waals surface area contributed by atoms with Crippen molar-refractivity contribution in [3.05, 3.63) is 24.0 Å². The van der Waals surface area contributed by atoms with Crippen LogP contribution in [-0.2, 0) is 4.74 Å². The summed E-state index contributed by atoms with van der Waals surface area (Å²) in [5, 5.41) is 18.0. The number of aliphatic hydroxyl groups excluding tert-OH is 1. The molecular formula is C14H21N3O3. The highest BCUT2D eigenvalue weighted by molar-refractivity contribution is 5.68. The first-order chi connectivity index (χ1) is 9.37. The molecular weight excluding hydrogens is 258 g/mol. The van der Waals surface area contributed by atoms with Gasteiger partial charge in [0.25, 0.3) is 0 Å². The van der Waals surface area contributed by atoms with E-state index in [9.17, 15) is 9.90 Å². The van der Waals surface area contributed by atoms with Crippen LogP contribution in [0.25, 0.3) is 0 Å². The highest BCUT2D eigenvalue weighted by atomic mass is 16.6. The van der Waals surface area contributed by atoms with Crippen LogP contribution in [0.3, 0.4) is 0 Å². The van der Waals surface area contributed by atoms with Gasteiger partial charge in [-0.3, -0.25) is 0 Å². The van der Waals surface area contributed by atoms with Crippen LogP contribution >= 0.6 is 0 Å². The van der Waals surface area contributed by atoms with E-state index >= 15 is 0 Å². The molecule has 1 saturated heterocycles. The van der Waals surface area contributed by atoms with Gasteiger partial charge in [-0.15, -0.1) is 0 Å². The minimum absolute atomic E-state index is 0.0285. The largest absolute Gasteiger partial charge is 0.444 e. The zero-order valence-electron chi connectivity index (χ0n) is 12.1. The number of carbonyl (C=O) groups is 1. The summed E-state index contributed by atoms with van der Waals surface area (Å²) in [5.74, 6) is -0.0285. The maximum Gasteiger partial charge on any atom is 0.410 e. The first-order valence-electron chi connectivity index (χ1n) is 6.80. The molecule has 6 nitrogen and oxygen atoms in total. The highest BCUT2D eigenvalue weighted by Crippen LogP contribution is 2.29. The minimum Gasteiger partial charge on any atom is -0.444 e. The van der Waals surface area contributed by atoms with Crippen LogP contribution in [0.15, 0.2) is 18.3 Å². The lowest BCUT2D eigenvalue weighted by atomic mass is 9.99. The lowest BCUT2D eigenvalue weighted by Crippen LogP contribution is -2.35. The summed E-state index contributed by atoms with van der Waals surface area (Å²) in [4.78, 5) is 13.6. The lowest BCUT2D eigenvalue weighted by molar-refractivity contribution is 0.0266. The van der Waals surface area contributed by atoms with Gasteiger partial charge < -0.3 is 14.7 Å². The third-order valence-electron chi connectivity index (χ3n) is 3.22. The van der Waals surface area contributed by atoms with Crippen molar-refractivity contribution in [3.8, 4) is 0 Å². The second kappa shape index (κ2) is 5.75. The Labute approximate surface area is 118 Å². The lowest BCUT2D eigenvalue weighted by Gasteiger charge is -2.24. The third kappa shape index (κ3) is 3.66. The smallest absolute Gasteiger partial charge is 0.410 e. The van der Waals surface area contributed by atoms with E-state index in [4.69, 9.17) is 4.74 Å². The summed E-state index contributed by atoms with van der Waals surface area (Å²) in [6.45, 7) is 6.59. The van der Waals surface area contributed by atoms with Crippen LogP contribution < -0.4 is 0 Å². The van der Waals surface area contributed by atoms with Gasteiger partial charge in [-0.25, -0.2) is 4.79 Å². The molecule has 2 heterocycles. The SMILES string of the molecule is CC(C)(C)OC(=O)N1CCC(C(O)c2cccnn2)C1. The maximum absolute atomic E-state index is 12.0. The molecule has 0 aliphatic carbocycles. The number of amides is 1. The fourth-order valence-corrected chi connectivity index (χ4v) is 2.25. The average Bonchev–Trinajstić information content (AvgIpc) is 2.86. The van der Waals surface area contributed by atoms with Crippen molar-refractivity contribution < 1.29 is 14.6 Å². The Morgan fingerprint density at radius 2 is 2.30 bits per heavy atom. The molecule has 2 unspecified atom stereocenters. The Kier molecular flexibility index (Phi) is 4.23. The molecule has 0 saturated carbocycles. The average molecular weight is 279 g/mol. The van der Waals surface area contributed by atoms with E-state index in [-0.39, 0.29) is 12.0 Å². The van der Waals surface area contributed by atoms with Crippen molar-refractivity contribution >= 4 is 6.09 Å². The Bertz CT molecular complexity index is 458. The van der Waals surface area contributed by atoms with Gasteiger partial charge in [0.05, 0.1) is 5.69 Å². The maximum atomic E-state index is 12.0. The van der Waals surface area contributed by atoms with Crippen LogP contribution in [0, 0.1) is 5.92 Å². The fourth-order valence-electron chi connectivity index (χ4n) is 2.25. The van der Waals surface area contributed by atoms with Crippen molar-refractivity contribution in [2.45, 2.75) is 38.9 Å². The molecule has 1 aliphatic heterocycles. The predicted molar refractivity (Wildman–Crippen MR) is 72.9 cm³/mol. The van der Waals surface area contributed by atoms with Crippen molar-refractivity contribution in [3.63, 3.8) is 0 Å². The zero-order valence-corrected chi connectivity index (χ0v) is 12.1. The van der Waals surface area contributed by atoms with Crippen LogP contribution in [0.1, 0.15) is 39.0 Å². The van der Waals surface area contributed by atoms with E-state index in [2.05, 4.69) is 10.2 Å². The molecule has 1 amide bonds. The van der Waals surface area contributed by atoms with Gasteiger partial charge in [-0.1, -0.05) is 0 Å². The third-order valence-corrected chi connectivity index (χ3v) is 3.22. The number of carbonyl (C=O) groups excluding carboxylic acids is 1. The number of likely N-dealkylation sites (tertiary alicyclic amines) is 1. The summed E-state index contributed by atoms with van der Waals surface area (Å²) in [6, 6.07) is 3.49. The number of aliphatic hydroxyl groups is 1. The van der Waals surface area contributed by atoms with E-state index < -0.39 is 11.7 Å². The molecule has 20 heavy (non-hydrogen) atoms. The topological polar surface area (TPSA) is 75.5 Å². The van der Waals surface area contributed by atoms with Gasteiger partial charge >= 0.3 is 6.09 Å². The van der Waals surface area contributed by atoms with Crippen molar-refractivity contribution in [2.24, 2.45) is 5.92 Å². The van der Waals surface area contributed by atoms with E-state index in [1.165, 1.54) is 0 Å². The molecule has 2 rings (SSSR count). The van der Waals surface area contributed by atoms with Crippen molar-refractivity contribution in [2.75, 3.05) is 13.1 Å². The molecule has 0 bridgehead atoms. The van der Waals surface area contributed by atoms with Gasteiger partial charge in [0.1, 0.15) is 11.7 Å². The molecule has 0 radical (unpaired) electrons.